The number of aryl methyl sites for hydroxylation is 1. The number of nitrogens with two attached hydrogens (primary N) is 1. The molecule has 0 aliphatic carbocycles. The number of carboxylic acid groups (broad SMARTS) is 1. The molecular formula is C12H18ClNO2. The summed E-state index contributed by atoms with van der Waals surface area (Å²) in [5.41, 5.74) is 6.07. The molecule has 0 unspecified atom stereocenters. The van der Waals surface area contributed by atoms with E-state index in [1.165, 1.54) is 0 Å². The Balaban J connectivity index is 0.000000487. The SMILES string of the molecule is CC(C)N.O=C(O)CCc1cccc(Cl)c1. The molecule has 0 saturated carbocycles. The Bertz CT molecular complexity index is 324. The number of hydrogen-bond donors (Lipinski definition) is 2. The summed E-state index contributed by atoms with van der Waals surface area (Å²) in [5, 5.41) is 9.06. The van der Waals surface area contributed by atoms with Gasteiger partial charge in [0.1, 0.15) is 0 Å². The highest BCUT2D eigenvalue weighted by Crippen LogP contribution is 2.11. The van der Waals surface area contributed by atoms with E-state index in [0.717, 1.165) is 5.56 Å². The van der Waals surface area contributed by atoms with Gasteiger partial charge in [0.2, 0.25) is 0 Å². The highest BCUT2D eigenvalue weighted by molar-refractivity contribution is 6.30. The summed E-state index contributed by atoms with van der Waals surface area (Å²) < 4.78 is 0. The van der Waals surface area contributed by atoms with Gasteiger partial charge in [0.15, 0.2) is 0 Å². The lowest BCUT2D eigenvalue weighted by Gasteiger charge is -1.97. The van der Waals surface area contributed by atoms with Crippen molar-refractivity contribution in [1.29, 1.82) is 0 Å². The highest BCUT2D eigenvalue weighted by Gasteiger charge is 1.98. The predicted octanol–water partition coefficient (Wildman–Crippen LogP) is 2.71. The van der Waals surface area contributed by atoms with Gasteiger partial charge in [-0.15, -0.1) is 0 Å². The monoisotopic (exact) mass is 243 g/mol. The minimum Gasteiger partial charge on any atom is -0.481 e. The van der Waals surface area contributed by atoms with Crippen molar-refractivity contribution in [2.45, 2.75) is 32.7 Å². The molecule has 0 atom stereocenters. The Morgan fingerprint density at radius 1 is 1.50 bits per heavy atom. The Labute approximate surface area is 101 Å². The molecule has 0 amide bonds. The molecule has 1 aromatic carbocycles. The van der Waals surface area contributed by atoms with E-state index in [0.29, 0.717) is 17.5 Å². The molecule has 1 rings (SSSR count). The fraction of sp³-hybridized carbons (Fsp3) is 0.417. The first-order valence-corrected chi connectivity index (χ1v) is 5.51. The summed E-state index contributed by atoms with van der Waals surface area (Å²) in [5.74, 6) is -0.782. The average Bonchev–Trinajstić information content (AvgIpc) is 2.14. The van der Waals surface area contributed by atoms with E-state index in [9.17, 15) is 4.79 Å². The molecule has 0 aliphatic heterocycles. The zero-order chi connectivity index (χ0) is 12.6. The number of carboxylic acids is 1. The van der Waals surface area contributed by atoms with Crippen molar-refractivity contribution in [2.75, 3.05) is 0 Å². The highest BCUT2D eigenvalue weighted by atomic mass is 35.5. The fourth-order valence-electron chi connectivity index (χ4n) is 0.944. The number of benzene rings is 1. The standard InChI is InChI=1S/C9H9ClO2.C3H9N/c10-8-3-1-2-7(6-8)4-5-9(11)12;1-3(2)4/h1-3,6H,4-5H2,(H,11,12);3H,4H2,1-2H3. The van der Waals surface area contributed by atoms with E-state index in [1.54, 1.807) is 12.1 Å². The molecule has 4 heteroatoms. The van der Waals surface area contributed by atoms with Crippen molar-refractivity contribution in [3.05, 3.63) is 34.9 Å². The van der Waals surface area contributed by atoms with Crippen LogP contribution in [-0.4, -0.2) is 17.1 Å². The van der Waals surface area contributed by atoms with E-state index in [4.69, 9.17) is 22.4 Å². The lowest BCUT2D eigenvalue weighted by atomic mass is 10.1. The first-order chi connectivity index (χ1) is 7.41. The van der Waals surface area contributed by atoms with Crippen LogP contribution in [0, 0.1) is 0 Å². The molecule has 0 saturated heterocycles. The first-order valence-electron chi connectivity index (χ1n) is 5.13. The molecule has 0 radical (unpaired) electrons. The molecule has 0 heterocycles. The summed E-state index contributed by atoms with van der Waals surface area (Å²) in [6, 6.07) is 7.57. The van der Waals surface area contributed by atoms with E-state index < -0.39 is 5.97 Å². The molecule has 0 bridgehead atoms. The van der Waals surface area contributed by atoms with Gasteiger partial charge in [-0.05, 0) is 30.2 Å². The summed E-state index contributed by atoms with van der Waals surface area (Å²) in [4.78, 5) is 10.2. The van der Waals surface area contributed by atoms with Gasteiger partial charge in [-0.2, -0.15) is 0 Å². The molecule has 1 aromatic rings. The van der Waals surface area contributed by atoms with Gasteiger partial charge < -0.3 is 10.8 Å². The van der Waals surface area contributed by atoms with Crippen LogP contribution in [0.3, 0.4) is 0 Å². The van der Waals surface area contributed by atoms with Crippen LogP contribution in [0.5, 0.6) is 0 Å². The third-order valence-corrected chi connectivity index (χ3v) is 1.75. The molecule has 0 aliphatic rings. The predicted molar refractivity (Wildman–Crippen MR) is 66.7 cm³/mol. The molecular weight excluding hydrogens is 226 g/mol. The van der Waals surface area contributed by atoms with Crippen molar-refractivity contribution >= 4 is 17.6 Å². The molecule has 3 nitrogen and oxygen atoms in total. The van der Waals surface area contributed by atoms with Crippen LogP contribution in [0.4, 0.5) is 0 Å². The third kappa shape index (κ3) is 9.49. The van der Waals surface area contributed by atoms with Gasteiger partial charge in [0.25, 0.3) is 0 Å². The van der Waals surface area contributed by atoms with Gasteiger partial charge in [-0.1, -0.05) is 37.6 Å². The third-order valence-electron chi connectivity index (χ3n) is 1.52. The second kappa shape index (κ2) is 8.13. The van der Waals surface area contributed by atoms with Crippen molar-refractivity contribution in [3.8, 4) is 0 Å². The van der Waals surface area contributed by atoms with Crippen molar-refractivity contribution in [1.82, 2.24) is 0 Å². The second-order valence-electron chi connectivity index (χ2n) is 3.77. The topological polar surface area (TPSA) is 63.3 Å². The van der Waals surface area contributed by atoms with Crippen molar-refractivity contribution in [2.24, 2.45) is 5.73 Å². The minimum absolute atomic E-state index is 0.153. The molecule has 16 heavy (non-hydrogen) atoms. The Kier molecular flexibility index (Phi) is 7.60. The first kappa shape index (κ1) is 14.9. The summed E-state index contributed by atoms with van der Waals surface area (Å²) in [6.07, 6.45) is 0.691. The van der Waals surface area contributed by atoms with Crippen LogP contribution >= 0.6 is 11.6 Å². The normalized spacial score (nSPS) is 9.56. The van der Waals surface area contributed by atoms with Gasteiger partial charge in [-0.25, -0.2) is 0 Å². The van der Waals surface area contributed by atoms with Gasteiger partial charge in [0.05, 0.1) is 0 Å². The molecule has 0 spiro atoms. The number of aliphatic carboxylic acids is 1. The van der Waals surface area contributed by atoms with Gasteiger partial charge in [0, 0.05) is 11.4 Å². The van der Waals surface area contributed by atoms with Crippen LogP contribution in [0.2, 0.25) is 5.02 Å². The van der Waals surface area contributed by atoms with Crippen LogP contribution in [0.25, 0.3) is 0 Å². The second-order valence-corrected chi connectivity index (χ2v) is 4.20. The summed E-state index contributed by atoms with van der Waals surface area (Å²) in [7, 11) is 0. The quantitative estimate of drug-likeness (QED) is 0.858. The molecule has 0 fully saturated rings. The maximum absolute atomic E-state index is 10.2. The van der Waals surface area contributed by atoms with E-state index in [1.807, 2.05) is 26.0 Å². The molecule has 90 valence electrons. The Hall–Kier alpha value is -1.06. The summed E-state index contributed by atoms with van der Waals surface area (Å²) in [6.45, 7) is 3.89. The minimum atomic E-state index is -0.782. The van der Waals surface area contributed by atoms with Crippen LogP contribution < -0.4 is 5.73 Å². The van der Waals surface area contributed by atoms with Crippen LogP contribution in [0.15, 0.2) is 24.3 Å². The average molecular weight is 244 g/mol. The Morgan fingerprint density at radius 3 is 2.50 bits per heavy atom. The van der Waals surface area contributed by atoms with E-state index in [-0.39, 0.29) is 6.42 Å². The van der Waals surface area contributed by atoms with E-state index in [2.05, 4.69) is 0 Å². The van der Waals surface area contributed by atoms with Crippen molar-refractivity contribution in [3.63, 3.8) is 0 Å². The lowest BCUT2D eigenvalue weighted by molar-refractivity contribution is -0.136. The number of carbonyl (C=O) groups is 1. The lowest BCUT2D eigenvalue weighted by Crippen LogP contribution is -2.06. The van der Waals surface area contributed by atoms with Gasteiger partial charge >= 0.3 is 5.97 Å². The maximum atomic E-state index is 10.2. The Morgan fingerprint density at radius 2 is 2.06 bits per heavy atom. The van der Waals surface area contributed by atoms with Gasteiger partial charge in [-0.3, -0.25) is 4.79 Å². The molecule has 3 N–H and O–H groups in total. The number of halogens is 1. The zero-order valence-electron chi connectivity index (χ0n) is 9.61. The van der Waals surface area contributed by atoms with Crippen molar-refractivity contribution < 1.29 is 9.90 Å². The van der Waals surface area contributed by atoms with Crippen LogP contribution in [-0.2, 0) is 11.2 Å². The largest absolute Gasteiger partial charge is 0.481 e. The van der Waals surface area contributed by atoms with Crippen LogP contribution in [0.1, 0.15) is 25.8 Å². The zero-order valence-corrected chi connectivity index (χ0v) is 10.4. The summed E-state index contributed by atoms with van der Waals surface area (Å²) >= 11 is 5.71. The molecule has 0 aromatic heterocycles. The van der Waals surface area contributed by atoms with E-state index >= 15 is 0 Å². The number of hydrogen-bond acceptors (Lipinski definition) is 2. The number of rotatable bonds is 3. The fourth-order valence-corrected chi connectivity index (χ4v) is 1.16. The maximum Gasteiger partial charge on any atom is 0.303 e. The smallest absolute Gasteiger partial charge is 0.303 e.